The number of carbonyl (C=O) groups is 2. The maximum absolute atomic E-state index is 13.6. The molecule has 0 aliphatic carbocycles. The Balaban J connectivity index is 1.81. The summed E-state index contributed by atoms with van der Waals surface area (Å²) in [5, 5.41) is 4.16. The van der Waals surface area contributed by atoms with Crippen molar-refractivity contribution in [3.63, 3.8) is 0 Å². The molecule has 0 saturated carbocycles. The average Bonchev–Trinajstić information content (AvgIpc) is 2.87. The molecule has 1 N–H and O–H groups in total. The summed E-state index contributed by atoms with van der Waals surface area (Å²) in [7, 11) is 0. The Labute approximate surface area is 222 Å². The van der Waals surface area contributed by atoms with Gasteiger partial charge in [-0.25, -0.2) is 0 Å². The first-order chi connectivity index (χ1) is 17.0. The van der Waals surface area contributed by atoms with E-state index in [1.807, 2.05) is 73.7 Å². The molecule has 0 saturated heterocycles. The first-order valence-corrected chi connectivity index (χ1v) is 13.6. The molecule has 0 bridgehead atoms. The number of halogens is 2. The Morgan fingerprint density at radius 1 is 0.943 bits per heavy atom. The van der Waals surface area contributed by atoms with Crippen LogP contribution in [0.25, 0.3) is 0 Å². The van der Waals surface area contributed by atoms with Gasteiger partial charge in [0.05, 0.1) is 5.75 Å². The van der Waals surface area contributed by atoms with Crippen LogP contribution < -0.4 is 5.32 Å². The van der Waals surface area contributed by atoms with Gasteiger partial charge in [-0.15, -0.1) is 11.8 Å². The van der Waals surface area contributed by atoms with Crippen molar-refractivity contribution < 1.29 is 9.59 Å². The molecule has 0 aliphatic rings. The summed E-state index contributed by atoms with van der Waals surface area (Å²) >= 11 is 13.8. The third-order valence-corrected chi connectivity index (χ3v) is 7.07. The SMILES string of the molecule is CCCNC(=O)C(Cc1ccccc1)N(Cc1ccccc1)C(=O)CSCc1ccc(Cl)cc1Cl. The number of nitrogens with one attached hydrogen (secondary N) is 1. The van der Waals surface area contributed by atoms with E-state index >= 15 is 0 Å². The summed E-state index contributed by atoms with van der Waals surface area (Å²) in [5.74, 6) is 0.590. The monoisotopic (exact) mass is 528 g/mol. The summed E-state index contributed by atoms with van der Waals surface area (Å²) in [4.78, 5) is 28.5. The molecule has 35 heavy (non-hydrogen) atoms. The normalized spacial score (nSPS) is 11.6. The lowest BCUT2D eigenvalue weighted by molar-refractivity contribution is -0.139. The summed E-state index contributed by atoms with van der Waals surface area (Å²) < 4.78 is 0. The van der Waals surface area contributed by atoms with Crippen LogP contribution in [0, 0.1) is 0 Å². The number of thioether (sulfide) groups is 1. The van der Waals surface area contributed by atoms with Crippen LogP contribution in [0.5, 0.6) is 0 Å². The third kappa shape index (κ3) is 8.60. The molecule has 7 heteroatoms. The van der Waals surface area contributed by atoms with E-state index in [-0.39, 0.29) is 17.6 Å². The Morgan fingerprint density at radius 3 is 2.23 bits per heavy atom. The summed E-state index contributed by atoms with van der Waals surface area (Å²) in [6.45, 7) is 2.94. The first kappa shape index (κ1) is 27.1. The number of hydrogen-bond donors (Lipinski definition) is 1. The molecule has 1 unspecified atom stereocenters. The maximum Gasteiger partial charge on any atom is 0.243 e. The molecule has 3 rings (SSSR count). The van der Waals surface area contributed by atoms with Crippen LogP contribution in [-0.2, 0) is 28.3 Å². The zero-order valence-electron chi connectivity index (χ0n) is 19.8. The second-order valence-corrected chi connectivity index (χ2v) is 10.1. The summed E-state index contributed by atoms with van der Waals surface area (Å²) in [6, 6.07) is 24.4. The topological polar surface area (TPSA) is 49.4 Å². The zero-order chi connectivity index (χ0) is 25.0. The van der Waals surface area contributed by atoms with E-state index in [1.54, 1.807) is 17.0 Å². The van der Waals surface area contributed by atoms with Gasteiger partial charge in [0.15, 0.2) is 0 Å². The maximum atomic E-state index is 13.6. The van der Waals surface area contributed by atoms with Crippen molar-refractivity contribution in [2.24, 2.45) is 0 Å². The number of carbonyl (C=O) groups excluding carboxylic acids is 2. The number of amides is 2. The molecular formula is C28H30Cl2N2O2S. The van der Waals surface area contributed by atoms with Crippen molar-refractivity contribution in [1.29, 1.82) is 0 Å². The molecule has 0 heterocycles. The average molecular weight is 530 g/mol. The zero-order valence-corrected chi connectivity index (χ0v) is 22.1. The molecule has 3 aromatic carbocycles. The van der Waals surface area contributed by atoms with E-state index in [0.717, 1.165) is 23.1 Å². The number of hydrogen-bond acceptors (Lipinski definition) is 3. The molecule has 3 aromatic rings. The van der Waals surface area contributed by atoms with Crippen LogP contribution in [0.4, 0.5) is 0 Å². The lowest BCUT2D eigenvalue weighted by Gasteiger charge is -2.31. The molecule has 184 valence electrons. The van der Waals surface area contributed by atoms with E-state index in [4.69, 9.17) is 23.2 Å². The number of benzene rings is 3. The second-order valence-electron chi connectivity index (χ2n) is 8.23. The number of rotatable bonds is 12. The van der Waals surface area contributed by atoms with Gasteiger partial charge in [-0.3, -0.25) is 9.59 Å². The highest BCUT2D eigenvalue weighted by Gasteiger charge is 2.30. The quantitative estimate of drug-likeness (QED) is 0.296. The summed E-state index contributed by atoms with van der Waals surface area (Å²) in [5.41, 5.74) is 2.91. The second kappa shape index (κ2) is 14.2. The predicted octanol–water partition coefficient (Wildman–Crippen LogP) is 6.39. The highest BCUT2D eigenvalue weighted by Crippen LogP contribution is 2.25. The van der Waals surface area contributed by atoms with Crippen LogP contribution in [0.3, 0.4) is 0 Å². The standard InChI is InChI=1S/C28H30Cl2N2O2S/c1-2-15-31-28(34)26(16-21-9-5-3-6-10-21)32(18-22-11-7-4-8-12-22)27(33)20-35-19-23-13-14-24(29)17-25(23)30/h3-14,17,26H,2,15-16,18-20H2,1H3,(H,31,34). The Hall–Kier alpha value is -2.47. The molecule has 0 aliphatic heterocycles. The van der Waals surface area contributed by atoms with Crippen LogP contribution in [-0.4, -0.2) is 35.1 Å². The van der Waals surface area contributed by atoms with E-state index in [1.165, 1.54) is 11.8 Å². The fourth-order valence-corrected chi connectivity index (χ4v) is 5.14. The highest BCUT2D eigenvalue weighted by molar-refractivity contribution is 7.99. The Morgan fingerprint density at radius 2 is 1.60 bits per heavy atom. The molecule has 2 amide bonds. The molecule has 1 atom stereocenters. The third-order valence-electron chi connectivity index (χ3n) is 5.51. The van der Waals surface area contributed by atoms with Gasteiger partial charge in [0.2, 0.25) is 11.8 Å². The van der Waals surface area contributed by atoms with Crippen LogP contribution >= 0.6 is 35.0 Å². The van der Waals surface area contributed by atoms with Crippen molar-refractivity contribution in [3.8, 4) is 0 Å². The van der Waals surface area contributed by atoms with Crippen LogP contribution in [0.2, 0.25) is 10.0 Å². The van der Waals surface area contributed by atoms with Crippen molar-refractivity contribution in [1.82, 2.24) is 10.2 Å². The largest absolute Gasteiger partial charge is 0.354 e. The fourth-order valence-electron chi connectivity index (χ4n) is 3.67. The molecule has 0 spiro atoms. The lowest BCUT2D eigenvalue weighted by atomic mass is 10.0. The fraction of sp³-hybridized carbons (Fsp3) is 0.286. The van der Waals surface area contributed by atoms with Gasteiger partial charge >= 0.3 is 0 Å². The van der Waals surface area contributed by atoms with Crippen LogP contribution in [0.15, 0.2) is 78.9 Å². The van der Waals surface area contributed by atoms with Gasteiger partial charge in [0.1, 0.15) is 6.04 Å². The van der Waals surface area contributed by atoms with Gasteiger partial charge in [0.25, 0.3) is 0 Å². The van der Waals surface area contributed by atoms with Gasteiger partial charge in [-0.1, -0.05) is 96.9 Å². The van der Waals surface area contributed by atoms with Gasteiger partial charge in [0, 0.05) is 35.3 Å². The highest BCUT2D eigenvalue weighted by atomic mass is 35.5. The number of nitrogens with zero attached hydrogens (tertiary/aromatic N) is 1. The molecule has 0 radical (unpaired) electrons. The van der Waals surface area contributed by atoms with Crippen molar-refractivity contribution >= 4 is 46.8 Å². The minimum Gasteiger partial charge on any atom is -0.354 e. The van der Waals surface area contributed by atoms with E-state index in [9.17, 15) is 9.59 Å². The Kier molecular flexibility index (Phi) is 11.0. The minimum atomic E-state index is -0.614. The van der Waals surface area contributed by atoms with E-state index in [2.05, 4.69) is 5.32 Å². The molecule has 0 fully saturated rings. The summed E-state index contributed by atoms with van der Waals surface area (Å²) in [6.07, 6.45) is 1.27. The predicted molar refractivity (Wildman–Crippen MR) is 147 cm³/mol. The Bertz CT molecular complexity index is 1100. The van der Waals surface area contributed by atoms with Crippen molar-refractivity contribution in [2.75, 3.05) is 12.3 Å². The molecular weight excluding hydrogens is 499 g/mol. The molecule has 4 nitrogen and oxygen atoms in total. The van der Waals surface area contributed by atoms with Crippen molar-refractivity contribution in [3.05, 3.63) is 106 Å². The van der Waals surface area contributed by atoms with Gasteiger partial charge in [-0.05, 0) is 35.2 Å². The molecule has 0 aromatic heterocycles. The van der Waals surface area contributed by atoms with E-state index < -0.39 is 6.04 Å². The van der Waals surface area contributed by atoms with Crippen LogP contribution in [0.1, 0.15) is 30.0 Å². The van der Waals surface area contributed by atoms with Crippen molar-refractivity contribution in [2.45, 2.75) is 38.1 Å². The smallest absolute Gasteiger partial charge is 0.243 e. The van der Waals surface area contributed by atoms with Gasteiger partial charge < -0.3 is 10.2 Å². The van der Waals surface area contributed by atoms with E-state index in [0.29, 0.717) is 35.3 Å². The lowest BCUT2D eigenvalue weighted by Crippen LogP contribution is -2.51. The minimum absolute atomic E-state index is 0.0866. The first-order valence-electron chi connectivity index (χ1n) is 11.6. The van der Waals surface area contributed by atoms with Gasteiger partial charge in [-0.2, -0.15) is 0 Å².